The highest BCUT2D eigenvalue weighted by Crippen LogP contribution is 2.30. The molecule has 0 aliphatic rings. The Balaban J connectivity index is 1.66. The van der Waals surface area contributed by atoms with Crippen molar-refractivity contribution in [3.8, 4) is 22.6 Å². The molecule has 1 amide bonds. The number of nitrogens with zero attached hydrogens (tertiary/aromatic N) is 3. The standard InChI is InChI=1S/C26H24N4O3/c1-5-25(31)29-23-8-6-7-16(2)22(23)13-24-27-15-19-9-18(14-28-26(19)30-24)17-10-20(32-3)12-21(11-17)33-4/h5-12,14-15H,1,13H2,2-4H3,(H,29,31). The third-order valence-electron chi connectivity index (χ3n) is 5.36. The molecule has 0 bridgehead atoms. The molecule has 1 N–H and O–H groups in total. The SMILES string of the molecule is C=CC(=O)Nc1cccc(C)c1Cc1ncc2cc(-c3cc(OC)cc(OC)c3)cnc2n1. The van der Waals surface area contributed by atoms with E-state index in [4.69, 9.17) is 9.47 Å². The minimum absolute atomic E-state index is 0.260. The number of anilines is 1. The van der Waals surface area contributed by atoms with E-state index in [0.717, 1.165) is 33.3 Å². The maximum absolute atomic E-state index is 11.8. The highest BCUT2D eigenvalue weighted by molar-refractivity contribution is 5.99. The van der Waals surface area contributed by atoms with E-state index in [2.05, 4.69) is 26.8 Å². The molecule has 2 aromatic heterocycles. The van der Waals surface area contributed by atoms with E-state index in [0.29, 0.717) is 29.4 Å². The lowest BCUT2D eigenvalue weighted by Crippen LogP contribution is -2.11. The molecule has 0 saturated heterocycles. The van der Waals surface area contributed by atoms with Crippen LogP contribution in [0, 0.1) is 6.92 Å². The third-order valence-corrected chi connectivity index (χ3v) is 5.36. The fourth-order valence-corrected chi connectivity index (χ4v) is 3.57. The monoisotopic (exact) mass is 440 g/mol. The van der Waals surface area contributed by atoms with Gasteiger partial charge in [-0.1, -0.05) is 18.7 Å². The van der Waals surface area contributed by atoms with Gasteiger partial charge in [-0.3, -0.25) is 4.79 Å². The summed E-state index contributed by atoms with van der Waals surface area (Å²) < 4.78 is 10.7. The van der Waals surface area contributed by atoms with Gasteiger partial charge in [-0.15, -0.1) is 0 Å². The molecular weight excluding hydrogens is 416 g/mol. The zero-order valence-electron chi connectivity index (χ0n) is 18.8. The first-order valence-electron chi connectivity index (χ1n) is 10.4. The number of benzene rings is 2. The summed E-state index contributed by atoms with van der Waals surface area (Å²) >= 11 is 0. The molecule has 33 heavy (non-hydrogen) atoms. The first-order chi connectivity index (χ1) is 16.0. The molecule has 4 rings (SSSR count). The molecule has 4 aromatic rings. The molecule has 0 aliphatic heterocycles. The van der Waals surface area contributed by atoms with E-state index >= 15 is 0 Å². The van der Waals surface area contributed by atoms with Crippen LogP contribution in [0.25, 0.3) is 22.2 Å². The molecule has 0 aliphatic carbocycles. The van der Waals surface area contributed by atoms with Crippen molar-refractivity contribution in [3.05, 3.63) is 84.5 Å². The minimum Gasteiger partial charge on any atom is -0.497 e. The summed E-state index contributed by atoms with van der Waals surface area (Å²) in [5, 5.41) is 3.68. The Hall–Kier alpha value is -4.26. The second-order valence-corrected chi connectivity index (χ2v) is 7.50. The van der Waals surface area contributed by atoms with Gasteiger partial charge < -0.3 is 14.8 Å². The van der Waals surface area contributed by atoms with Gasteiger partial charge in [-0.2, -0.15) is 0 Å². The number of carbonyl (C=O) groups is 1. The van der Waals surface area contributed by atoms with Crippen molar-refractivity contribution in [1.29, 1.82) is 0 Å². The van der Waals surface area contributed by atoms with Crippen LogP contribution in [-0.2, 0) is 11.2 Å². The number of ether oxygens (including phenoxy) is 2. The summed E-state index contributed by atoms with van der Waals surface area (Å²) in [6, 6.07) is 13.4. The average Bonchev–Trinajstić information content (AvgIpc) is 2.85. The van der Waals surface area contributed by atoms with Gasteiger partial charge in [-0.05, 0) is 54.0 Å². The molecule has 2 aromatic carbocycles. The first-order valence-corrected chi connectivity index (χ1v) is 10.4. The zero-order chi connectivity index (χ0) is 23.4. The minimum atomic E-state index is -0.260. The number of fused-ring (bicyclic) bond motifs is 1. The molecule has 0 unspecified atom stereocenters. The van der Waals surface area contributed by atoms with Gasteiger partial charge in [0.05, 0.1) is 14.2 Å². The lowest BCUT2D eigenvalue weighted by molar-refractivity contribution is -0.111. The lowest BCUT2D eigenvalue weighted by atomic mass is 10.0. The molecule has 0 saturated carbocycles. The van der Waals surface area contributed by atoms with E-state index < -0.39 is 0 Å². The van der Waals surface area contributed by atoms with Crippen LogP contribution in [0.5, 0.6) is 11.5 Å². The van der Waals surface area contributed by atoms with Gasteiger partial charge in [0.15, 0.2) is 5.65 Å². The largest absolute Gasteiger partial charge is 0.497 e. The molecule has 166 valence electrons. The van der Waals surface area contributed by atoms with E-state index in [1.807, 2.05) is 49.4 Å². The van der Waals surface area contributed by atoms with E-state index in [9.17, 15) is 4.79 Å². The number of amides is 1. The normalized spacial score (nSPS) is 10.6. The topological polar surface area (TPSA) is 86.2 Å². The molecule has 0 spiro atoms. The maximum Gasteiger partial charge on any atom is 0.247 e. The second kappa shape index (κ2) is 9.48. The van der Waals surface area contributed by atoms with Gasteiger partial charge in [-0.25, -0.2) is 15.0 Å². The fourth-order valence-electron chi connectivity index (χ4n) is 3.57. The van der Waals surface area contributed by atoms with Gasteiger partial charge in [0, 0.05) is 41.5 Å². The van der Waals surface area contributed by atoms with Crippen LogP contribution in [0.3, 0.4) is 0 Å². The summed E-state index contributed by atoms with van der Waals surface area (Å²) in [4.78, 5) is 25.6. The number of aromatic nitrogens is 3. The average molecular weight is 441 g/mol. The molecule has 0 radical (unpaired) electrons. The Morgan fingerprint density at radius 1 is 1.03 bits per heavy atom. The number of methoxy groups -OCH3 is 2. The molecular formula is C26H24N4O3. The quantitative estimate of drug-likeness (QED) is 0.418. The highest BCUT2D eigenvalue weighted by Gasteiger charge is 2.12. The summed E-state index contributed by atoms with van der Waals surface area (Å²) in [7, 11) is 3.24. The van der Waals surface area contributed by atoms with E-state index in [1.165, 1.54) is 6.08 Å². The molecule has 7 nitrogen and oxygen atoms in total. The number of aryl methyl sites for hydroxylation is 1. The number of hydrogen-bond donors (Lipinski definition) is 1. The van der Waals surface area contributed by atoms with E-state index in [-0.39, 0.29) is 5.91 Å². The van der Waals surface area contributed by atoms with Crippen LogP contribution in [0.2, 0.25) is 0 Å². The van der Waals surface area contributed by atoms with Crippen molar-refractivity contribution in [2.45, 2.75) is 13.3 Å². The Labute approximate surface area is 192 Å². The van der Waals surface area contributed by atoms with Crippen LogP contribution < -0.4 is 14.8 Å². The molecule has 0 fully saturated rings. The number of hydrogen-bond acceptors (Lipinski definition) is 6. The van der Waals surface area contributed by atoms with Gasteiger partial charge in [0.1, 0.15) is 17.3 Å². The molecule has 0 atom stereocenters. The van der Waals surface area contributed by atoms with Crippen LogP contribution >= 0.6 is 0 Å². The predicted octanol–water partition coefficient (Wildman–Crippen LogP) is 4.73. The van der Waals surface area contributed by atoms with E-state index in [1.54, 1.807) is 26.6 Å². The first kappa shape index (κ1) is 22.0. The van der Waals surface area contributed by atoms with Crippen molar-refractivity contribution >= 4 is 22.6 Å². The number of carbonyl (C=O) groups excluding carboxylic acids is 1. The summed E-state index contributed by atoms with van der Waals surface area (Å²) in [5.41, 5.74) is 5.14. The fraction of sp³-hybridized carbons (Fsp3) is 0.154. The number of pyridine rings is 1. The van der Waals surface area contributed by atoms with Gasteiger partial charge in [0.25, 0.3) is 0 Å². The molecule has 7 heteroatoms. The number of rotatable bonds is 7. The Morgan fingerprint density at radius 2 is 1.79 bits per heavy atom. The van der Waals surface area contributed by atoms with Crippen LogP contribution in [-0.4, -0.2) is 35.1 Å². The van der Waals surface area contributed by atoms with Crippen molar-refractivity contribution in [1.82, 2.24) is 15.0 Å². The van der Waals surface area contributed by atoms with Crippen LogP contribution in [0.4, 0.5) is 5.69 Å². The second-order valence-electron chi connectivity index (χ2n) is 7.50. The zero-order valence-corrected chi connectivity index (χ0v) is 18.8. The smallest absolute Gasteiger partial charge is 0.247 e. The highest BCUT2D eigenvalue weighted by atomic mass is 16.5. The number of nitrogens with one attached hydrogen (secondary N) is 1. The van der Waals surface area contributed by atoms with Crippen LogP contribution in [0.15, 0.2) is 67.5 Å². The van der Waals surface area contributed by atoms with Crippen molar-refractivity contribution < 1.29 is 14.3 Å². The Kier molecular flexibility index (Phi) is 6.31. The lowest BCUT2D eigenvalue weighted by Gasteiger charge is -2.13. The summed E-state index contributed by atoms with van der Waals surface area (Å²) in [6.07, 6.45) is 5.26. The third kappa shape index (κ3) is 4.82. The maximum atomic E-state index is 11.8. The predicted molar refractivity (Wildman–Crippen MR) is 129 cm³/mol. The van der Waals surface area contributed by atoms with Crippen molar-refractivity contribution in [3.63, 3.8) is 0 Å². The summed E-state index contributed by atoms with van der Waals surface area (Å²) in [6.45, 7) is 5.51. The van der Waals surface area contributed by atoms with Gasteiger partial charge in [0.2, 0.25) is 5.91 Å². The van der Waals surface area contributed by atoms with Crippen LogP contribution in [0.1, 0.15) is 17.0 Å². The van der Waals surface area contributed by atoms with Crippen molar-refractivity contribution in [2.24, 2.45) is 0 Å². The Morgan fingerprint density at radius 3 is 2.48 bits per heavy atom. The Bertz CT molecular complexity index is 1330. The summed E-state index contributed by atoms with van der Waals surface area (Å²) in [5.74, 6) is 1.76. The van der Waals surface area contributed by atoms with Crippen molar-refractivity contribution in [2.75, 3.05) is 19.5 Å². The molecule has 2 heterocycles. The van der Waals surface area contributed by atoms with Gasteiger partial charge >= 0.3 is 0 Å².